The van der Waals surface area contributed by atoms with Crippen molar-refractivity contribution >= 4 is 34.2 Å². The quantitative estimate of drug-likeness (QED) is 0.781. The van der Waals surface area contributed by atoms with Gasteiger partial charge in [-0.05, 0) is 42.3 Å². The Kier molecular flexibility index (Phi) is 3.93. The number of ether oxygens (including phenoxy) is 1. The van der Waals surface area contributed by atoms with E-state index in [1.54, 1.807) is 36.4 Å². The number of nitrogens with zero attached hydrogens (tertiary/aromatic N) is 2. The standard InChI is InChI=1S/C19H16ClN3O2/c1-25-14-7-6-12-10-13-8-9-23(18(13)21-17(12)11-14)22-19(24)15-4-2-3-5-16(15)20/h2-7,10-11H,8-9H2,1H3,(H,22,24). The molecule has 0 bridgehead atoms. The first-order valence-electron chi connectivity index (χ1n) is 7.96. The molecule has 1 aliphatic heterocycles. The van der Waals surface area contributed by atoms with Crippen LogP contribution in [0.3, 0.4) is 0 Å². The fourth-order valence-corrected chi connectivity index (χ4v) is 3.22. The molecule has 0 saturated heterocycles. The first-order chi connectivity index (χ1) is 12.2. The number of carbonyl (C=O) groups is 1. The number of amides is 1. The molecule has 2 aromatic carbocycles. The van der Waals surface area contributed by atoms with E-state index in [9.17, 15) is 4.79 Å². The van der Waals surface area contributed by atoms with Crippen LogP contribution < -0.4 is 15.2 Å². The third-order valence-corrected chi connectivity index (χ3v) is 4.63. The Hall–Kier alpha value is -2.79. The van der Waals surface area contributed by atoms with Crippen LogP contribution >= 0.6 is 11.6 Å². The average Bonchev–Trinajstić information content (AvgIpc) is 3.01. The Morgan fingerprint density at radius 1 is 1.24 bits per heavy atom. The molecule has 5 nitrogen and oxygen atoms in total. The highest BCUT2D eigenvalue weighted by Crippen LogP contribution is 2.30. The summed E-state index contributed by atoms with van der Waals surface area (Å²) in [5.74, 6) is 1.27. The Bertz CT molecular complexity index is 974. The van der Waals surface area contributed by atoms with E-state index in [4.69, 9.17) is 21.3 Å². The Balaban J connectivity index is 1.65. The lowest BCUT2D eigenvalue weighted by Crippen LogP contribution is -2.41. The van der Waals surface area contributed by atoms with Gasteiger partial charge in [-0.2, -0.15) is 0 Å². The number of hydrogen-bond donors (Lipinski definition) is 1. The summed E-state index contributed by atoms with van der Waals surface area (Å²) in [6, 6.07) is 14.9. The highest BCUT2D eigenvalue weighted by molar-refractivity contribution is 6.33. The van der Waals surface area contributed by atoms with Crippen LogP contribution in [0.2, 0.25) is 5.02 Å². The molecule has 0 radical (unpaired) electrons. The summed E-state index contributed by atoms with van der Waals surface area (Å²) in [5.41, 5.74) is 5.29. The van der Waals surface area contributed by atoms with Gasteiger partial charge in [-0.1, -0.05) is 23.7 Å². The molecule has 0 fully saturated rings. The number of nitrogens with one attached hydrogen (secondary N) is 1. The maximum absolute atomic E-state index is 12.5. The highest BCUT2D eigenvalue weighted by atomic mass is 35.5. The molecule has 0 saturated carbocycles. The van der Waals surface area contributed by atoms with E-state index >= 15 is 0 Å². The van der Waals surface area contributed by atoms with Crippen molar-refractivity contribution in [3.63, 3.8) is 0 Å². The minimum atomic E-state index is -0.244. The Morgan fingerprint density at radius 2 is 2.08 bits per heavy atom. The van der Waals surface area contributed by atoms with Crippen molar-refractivity contribution in [1.29, 1.82) is 0 Å². The number of carbonyl (C=O) groups excluding carboxylic acids is 1. The second-order valence-electron chi connectivity index (χ2n) is 5.85. The van der Waals surface area contributed by atoms with Crippen molar-refractivity contribution in [2.75, 3.05) is 18.7 Å². The van der Waals surface area contributed by atoms with E-state index in [2.05, 4.69) is 11.5 Å². The van der Waals surface area contributed by atoms with Crippen molar-refractivity contribution in [1.82, 2.24) is 10.4 Å². The number of pyridine rings is 1. The molecule has 126 valence electrons. The summed E-state index contributed by atoms with van der Waals surface area (Å²) in [6.07, 6.45) is 0.826. The van der Waals surface area contributed by atoms with E-state index < -0.39 is 0 Å². The minimum Gasteiger partial charge on any atom is -0.497 e. The van der Waals surface area contributed by atoms with Crippen molar-refractivity contribution < 1.29 is 9.53 Å². The third kappa shape index (κ3) is 2.87. The number of rotatable bonds is 3. The molecule has 1 N–H and O–H groups in total. The predicted molar refractivity (Wildman–Crippen MR) is 98.3 cm³/mol. The number of hydrogen-bond acceptors (Lipinski definition) is 4. The highest BCUT2D eigenvalue weighted by Gasteiger charge is 2.24. The van der Waals surface area contributed by atoms with Crippen LogP contribution in [0.25, 0.3) is 10.9 Å². The second-order valence-corrected chi connectivity index (χ2v) is 6.26. The van der Waals surface area contributed by atoms with Gasteiger partial charge < -0.3 is 4.74 Å². The molecule has 0 aliphatic carbocycles. The SMILES string of the molecule is COc1ccc2cc3c(nc2c1)N(NC(=O)c1ccccc1Cl)CC3. The molecule has 1 aromatic heterocycles. The van der Waals surface area contributed by atoms with Gasteiger partial charge in [0.1, 0.15) is 5.75 Å². The maximum Gasteiger partial charge on any atom is 0.271 e. The van der Waals surface area contributed by atoms with E-state index in [1.165, 1.54) is 0 Å². The molecular weight excluding hydrogens is 338 g/mol. The molecule has 6 heteroatoms. The summed E-state index contributed by atoms with van der Waals surface area (Å²) >= 11 is 6.11. The molecule has 1 amide bonds. The molecule has 0 atom stereocenters. The van der Waals surface area contributed by atoms with Gasteiger partial charge in [0, 0.05) is 18.0 Å². The molecule has 2 heterocycles. The fraction of sp³-hybridized carbons (Fsp3) is 0.158. The zero-order valence-electron chi connectivity index (χ0n) is 13.6. The molecule has 0 spiro atoms. The smallest absolute Gasteiger partial charge is 0.271 e. The number of anilines is 1. The molecule has 1 aliphatic rings. The van der Waals surface area contributed by atoms with Gasteiger partial charge in [0.15, 0.2) is 5.82 Å². The number of hydrazine groups is 1. The van der Waals surface area contributed by atoms with Gasteiger partial charge in [0.05, 0.1) is 23.2 Å². The summed E-state index contributed by atoms with van der Waals surface area (Å²) in [7, 11) is 1.63. The van der Waals surface area contributed by atoms with Crippen molar-refractivity contribution in [2.45, 2.75) is 6.42 Å². The first kappa shape index (κ1) is 15.7. The lowest BCUT2D eigenvalue weighted by atomic mass is 10.1. The average molecular weight is 354 g/mol. The molecular formula is C19H16ClN3O2. The summed E-state index contributed by atoms with van der Waals surface area (Å²) in [5, 5.41) is 3.26. The van der Waals surface area contributed by atoms with Gasteiger partial charge in [-0.3, -0.25) is 15.2 Å². The molecule has 25 heavy (non-hydrogen) atoms. The van der Waals surface area contributed by atoms with Crippen molar-refractivity contribution in [2.24, 2.45) is 0 Å². The van der Waals surface area contributed by atoms with Gasteiger partial charge in [0.2, 0.25) is 0 Å². The third-order valence-electron chi connectivity index (χ3n) is 4.30. The lowest BCUT2D eigenvalue weighted by Gasteiger charge is -2.20. The van der Waals surface area contributed by atoms with Gasteiger partial charge >= 0.3 is 0 Å². The van der Waals surface area contributed by atoms with Crippen molar-refractivity contribution in [3.05, 3.63) is 64.7 Å². The normalized spacial score (nSPS) is 13.0. The van der Waals surface area contributed by atoms with E-state index in [0.29, 0.717) is 17.1 Å². The van der Waals surface area contributed by atoms with Gasteiger partial charge in [-0.15, -0.1) is 0 Å². The number of halogens is 1. The van der Waals surface area contributed by atoms with Crippen LogP contribution in [0, 0.1) is 0 Å². The van der Waals surface area contributed by atoms with E-state index in [0.717, 1.165) is 34.5 Å². The zero-order valence-corrected chi connectivity index (χ0v) is 14.4. The van der Waals surface area contributed by atoms with Crippen LogP contribution in [0.15, 0.2) is 48.5 Å². The predicted octanol–water partition coefficient (Wildman–Crippen LogP) is 3.60. The topological polar surface area (TPSA) is 54.5 Å². The maximum atomic E-state index is 12.5. The molecule has 0 unspecified atom stereocenters. The first-order valence-corrected chi connectivity index (χ1v) is 8.34. The number of fused-ring (bicyclic) bond motifs is 2. The van der Waals surface area contributed by atoms with Crippen molar-refractivity contribution in [3.8, 4) is 5.75 Å². The van der Waals surface area contributed by atoms with Crippen LogP contribution in [-0.2, 0) is 6.42 Å². The van der Waals surface area contributed by atoms with Crippen LogP contribution in [0.5, 0.6) is 5.75 Å². The number of benzene rings is 2. The molecule has 3 aromatic rings. The van der Waals surface area contributed by atoms with Crippen LogP contribution in [0.4, 0.5) is 5.82 Å². The van der Waals surface area contributed by atoms with Gasteiger partial charge in [0.25, 0.3) is 5.91 Å². The molecule has 4 rings (SSSR count). The zero-order chi connectivity index (χ0) is 17.4. The second kappa shape index (κ2) is 6.26. The van der Waals surface area contributed by atoms with E-state index in [1.807, 2.05) is 18.2 Å². The van der Waals surface area contributed by atoms with E-state index in [-0.39, 0.29) is 5.91 Å². The summed E-state index contributed by atoms with van der Waals surface area (Å²) in [4.78, 5) is 17.2. The largest absolute Gasteiger partial charge is 0.497 e. The van der Waals surface area contributed by atoms with Crippen LogP contribution in [-0.4, -0.2) is 24.5 Å². The fourth-order valence-electron chi connectivity index (χ4n) is 3.00. The monoisotopic (exact) mass is 353 g/mol. The summed E-state index contributed by atoms with van der Waals surface area (Å²) in [6.45, 7) is 0.673. The van der Waals surface area contributed by atoms with Crippen LogP contribution in [0.1, 0.15) is 15.9 Å². The summed E-state index contributed by atoms with van der Waals surface area (Å²) < 4.78 is 5.27. The van der Waals surface area contributed by atoms with Gasteiger partial charge in [-0.25, -0.2) is 4.98 Å². The minimum absolute atomic E-state index is 0.244. The Morgan fingerprint density at radius 3 is 2.88 bits per heavy atom. The Labute approximate surface area is 150 Å². The number of aromatic nitrogens is 1. The lowest BCUT2D eigenvalue weighted by molar-refractivity contribution is 0.0949. The number of methoxy groups -OCH3 is 1.